The van der Waals surface area contributed by atoms with Crippen LogP contribution >= 0.6 is 0 Å². The third kappa shape index (κ3) is 5.52. The molecule has 0 aromatic rings. The van der Waals surface area contributed by atoms with Crippen LogP contribution in [0.3, 0.4) is 0 Å². The number of amides is 1. The van der Waals surface area contributed by atoms with Gasteiger partial charge < -0.3 is 10.4 Å². The standard InChI is InChI=1S/C13H23NO3/c1-6-8(2)7-9(3)14-12(15)10(4)11(5)13(16)17/h8-9H,6-7H2,1-5H3,(H,14,15)(H,16,17). The van der Waals surface area contributed by atoms with Crippen molar-refractivity contribution in [3.63, 3.8) is 0 Å². The number of carbonyl (C=O) groups excluding carboxylic acids is 1. The fourth-order valence-corrected chi connectivity index (χ4v) is 1.49. The molecule has 0 aliphatic carbocycles. The number of hydrogen-bond acceptors (Lipinski definition) is 2. The predicted molar refractivity (Wildman–Crippen MR) is 67.7 cm³/mol. The Morgan fingerprint density at radius 2 is 1.71 bits per heavy atom. The summed E-state index contributed by atoms with van der Waals surface area (Å²) in [6.07, 6.45) is 1.98. The zero-order valence-corrected chi connectivity index (χ0v) is 11.3. The molecule has 1 amide bonds. The van der Waals surface area contributed by atoms with Crippen LogP contribution in [0.15, 0.2) is 11.1 Å². The first-order chi connectivity index (χ1) is 7.79. The molecular formula is C13H23NO3. The summed E-state index contributed by atoms with van der Waals surface area (Å²) < 4.78 is 0. The second-order valence-electron chi connectivity index (χ2n) is 4.68. The molecule has 0 bridgehead atoms. The summed E-state index contributed by atoms with van der Waals surface area (Å²) in [4.78, 5) is 22.5. The lowest BCUT2D eigenvalue weighted by atomic mass is 10.00. The Kier molecular flexibility index (Phi) is 6.54. The van der Waals surface area contributed by atoms with E-state index in [9.17, 15) is 9.59 Å². The highest BCUT2D eigenvalue weighted by molar-refractivity contribution is 6.01. The maximum absolute atomic E-state index is 11.7. The topological polar surface area (TPSA) is 66.4 Å². The van der Waals surface area contributed by atoms with Crippen molar-refractivity contribution in [3.8, 4) is 0 Å². The summed E-state index contributed by atoms with van der Waals surface area (Å²) in [5.41, 5.74) is 0.367. The van der Waals surface area contributed by atoms with E-state index in [4.69, 9.17) is 5.11 Å². The first-order valence-corrected chi connectivity index (χ1v) is 6.01. The number of hydrogen-bond donors (Lipinski definition) is 2. The van der Waals surface area contributed by atoms with Crippen LogP contribution in [0.1, 0.15) is 47.5 Å². The maximum atomic E-state index is 11.7. The molecule has 17 heavy (non-hydrogen) atoms. The summed E-state index contributed by atoms with van der Waals surface area (Å²) in [7, 11) is 0. The van der Waals surface area contributed by atoms with Crippen molar-refractivity contribution in [1.82, 2.24) is 5.32 Å². The SMILES string of the molecule is CCC(C)CC(C)NC(=O)C(C)=C(C)C(=O)O. The Labute approximate surface area is 103 Å². The van der Waals surface area contributed by atoms with Gasteiger partial charge in [-0.15, -0.1) is 0 Å². The zero-order chi connectivity index (χ0) is 13.6. The number of rotatable bonds is 6. The van der Waals surface area contributed by atoms with E-state index in [1.165, 1.54) is 13.8 Å². The second-order valence-corrected chi connectivity index (χ2v) is 4.68. The molecule has 0 spiro atoms. The average molecular weight is 241 g/mol. The van der Waals surface area contributed by atoms with Gasteiger partial charge in [-0.1, -0.05) is 20.3 Å². The molecule has 0 radical (unpaired) electrons. The Balaban J connectivity index is 4.45. The van der Waals surface area contributed by atoms with E-state index in [1.54, 1.807) is 0 Å². The Morgan fingerprint density at radius 1 is 1.18 bits per heavy atom. The minimum absolute atomic E-state index is 0.0639. The maximum Gasteiger partial charge on any atom is 0.331 e. The lowest BCUT2D eigenvalue weighted by Crippen LogP contribution is -2.34. The molecule has 4 nitrogen and oxygen atoms in total. The Morgan fingerprint density at radius 3 is 2.12 bits per heavy atom. The van der Waals surface area contributed by atoms with Gasteiger partial charge in [0.15, 0.2) is 0 Å². The van der Waals surface area contributed by atoms with Crippen LogP contribution in [0.25, 0.3) is 0 Å². The highest BCUT2D eigenvalue weighted by atomic mass is 16.4. The van der Waals surface area contributed by atoms with Crippen molar-refractivity contribution >= 4 is 11.9 Å². The minimum Gasteiger partial charge on any atom is -0.478 e. The third-order valence-electron chi connectivity index (χ3n) is 3.05. The van der Waals surface area contributed by atoms with Gasteiger partial charge in [-0.3, -0.25) is 4.79 Å². The van der Waals surface area contributed by atoms with Crippen LogP contribution in [0.4, 0.5) is 0 Å². The van der Waals surface area contributed by atoms with Crippen molar-refractivity contribution in [3.05, 3.63) is 11.1 Å². The molecule has 0 fully saturated rings. The second kappa shape index (κ2) is 7.09. The largest absolute Gasteiger partial charge is 0.478 e. The fraction of sp³-hybridized carbons (Fsp3) is 0.692. The van der Waals surface area contributed by atoms with Crippen LogP contribution in [0, 0.1) is 5.92 Å². The zero-order valence-electron chi connectivity index (χ0n) is 11.3. The molecule has 4 heteroatoms. The van der Waals surface area contributed by atoms with Crippen LogP contribution in [-0.2, 0) is 9.59 Å². The molecule has 0 aromatic carbocycles. The summed E-state index contributed by atoms with van der Waals surface area (Å²) in [6, 6.07) is 0.0639. The van der Waals surface area contributed by atoms with Gasteiger partial charge in [0.2, 0.25) is 5.91 Å². The Hall–Kier alpha value is -1.32. The van der Waals surface area contributed by atoms with Crippen LogP contribution in [-0.4, -0.2) is 23.0 Å². The van der Waals surface area contributed by atoms with Gasteiger partial charge in [-0.05, 0) is 33.1 Å². The minimum atomic E-state index is -1.05. The van der Waals surface area contributed by atoms with E-state index in [0.717, 1.165) is 12.8 Å². The highest BCUT2D eigenvalue weighted by Gasteiger charge is 2.15. The first kappa shape index (κ1) is 15.7. The van der Waals surface area contributed by atoms with Crippen molar-refractivity contribution in [2.75, 3.05) is 0 Å². The molecule has 0 saturated carbocycles. The molecule has 0 aromatic heterocycles. The molecule has 98 valence electrons. The smallest absolute Gasteiger partial charge is 0.331 e. The van der Waals surface area contributed by atoms with E-state index < -0.39 is 5.97 Å². The molecule has 0 aliphatic rings. The summed E-state index contributed by atoms with van der Waals surface area (Å²) in [5.74, 6) is -0.789. The molecule has 0 saturated heterocycles. The van der Waals surface area contributed by atoms with Gasteiger partial charge in [0.05, 0.1) is 0 Å². The van der Waals surface area contributed by atoms with E-state index in [2.05, 4.69) is 19.2 Å². The lowest BCUT2D eigenvalue weighted by Gasteiger charge is -2.18. The first-order valence-electron chi connectivity index (χ1n) is 6.01. The number of carboxylic acid groups (broad SMARTS) is 1. The number of carboxylic acids is 1. The van der Waals surface area contributed by atoms with Crippen LogP contribution < -0.4 is 5.32 Å². The van der Waals surface area contributed by atoms with Gasteiger partial charge >= 0.3 is 5.97 Å². The van der Waals surface area contributed by atoms with Gasteiger partial charge in [0, 0.05) is 17.2 Å². The van der Waals surface area contributed by atoms with Gasteiger partial charge in [-0.2, -0.15) is 0 Å². The molecule has 0 rings (SSSR count). The van der Waals surface area contributed by atoms with Gasteiger partial charge in [-0.25, -0.2) is 4.79 Å². The average Bonchev–Trinajstić information content (AvgIpc) is 2.26. The molecule has 2 atom stereocenters. The van der Waals surface area contributed by atoms with Crippen molar-refractivity contribution < 1.29 is 14.7 Å². The molecule has 0 heterocycles. The molecule has 0 aliphatic heterocycles. The molecule has 2 unspecified atom stereocenters. The van der Waals surface area contributed by atoms with Crippen LogP contribution in [0.2, 0.25) is 0 Å². The molecular weight excluding hydrogens is 218 g/mol. The fourth-order valence-electron chi connectivity index (χ4n) is 1.49. The Bertz CT molecular complexity index is 321. The summed E-state index contributed by atoms with van der Waals surface area (Å²) in [5, 5.41) is 11.6. The van der Waals surface area contributed by atoms with E-state index in [1.807, 2.05) is 6.92 Å². The lowest BCUT2D eigenvalue weighted by molar-refractivity contribution is -0.133. The van der Waals surface area contributed by atoms with E-state index >= 15 is 0 Å². The number of nitrogens with one attached hydrogen (secondary N) is 1. The highest BCUT2D eigenvalue weighted by Crippen LogP contribution is 2.10. The number of aliphatic carboxylic acids is 1. The summed E-state index contributed by atoms with van der Waals surface area (Å²) >= 11 is 0. The van der Waals surface area contributed by atoms with Crippen molar-refractivity contribution in [2.24, 2.45) is 5.92 Å². The van der Waals surface area contributed by atoms with Crippen molar-refractivity contribution in [1.29, 1.82) is 0 Å². The predicted octanol–water partition coefficient (Wildman–Crippen LogP) is 2.35. The monoisotopic (exact) mass is 241 g/mol. The normalized spacial score (nSPS) is 15.8. The van der Waals surface area contributed by atoms with Gasteiger partial charge in [0.1, 0.15) is 0 Å². The van der Waals surface area contributed by atoms with E-state index in [-0.39, 0.29) is 23.1 Å². The third-order valence-corrected chi connectivity index (χ3v) is 3.05. The van der Waals surface area contributed by atoms with Crippen LogP contribution in [0.5, 0.6) is 0 Å². The quantitative estimate of drug-likeness (QED) is 0.701. The summed E-state index contributed by atoms with van der Waals surface area (Å²) in [6.45, 7) is 9.16. The van der Waals surface area contributed by atoms with E-state index in [0.29, 0.717) is 5.92 Å². The number of carbonyl (C=O) groups is 2. The van der Waals surface area contributed by atoms with Crippen molar-refractivity contribution in [2.45, 2.75) is 53.5 Å². The molecule has 2 N–H and O–H groups in total. The van der Waals surface area contributed by atoms with Gasteiger partial charge in [0.25, 0.3) is 0 Å².